The average molecular weight is 394 g/mol. The van der Waals surface area contributed by atoms with Gasteiger partial charge in [-0.15, -0.1) is 11.3 Å². The van der Waals surface area contributed by atoms with Crippen LogP contribution in [0.15, 0.2) is 41.8 Å². The molecule has 0 unspecified atom stereocenters. The van der Waals surface area contributed by atoms with Crippen molar-refractivity contribution in [1.29, 1.82) is 0 Å². The lowest BCUT2D eigenvalue weighted by atomic mass is 10.1. The Balaban J connectivity index is 1.27. The molecule has 0 spiro atoms. The predicted octanol–water partition coefficient (Wildman–Crippen LogP) is 3.70. The van der Waals surface area contributed by atoms with Crippen molar-refractivity contribution in [1.82, 2.24) is 4.98 Å². The highest BCUT2D eigenvalue weighted by molar-refractivity contribution is 7.14. The number of nitrogens with one attached hydrogen (secondary N) is 1. The van der Waals surface area contributed by atoms with E-state index in [0.717, 1.165) is 40.5 Å². The van der Waals surface area contributed by atoms with Crippen LogP contribution in [0.4, 0.5) is 5.13 Å². The van der Waals surface area contributed by atoms with Gasteiger partial charge in [-0.1, -0.05) is 12.1 Å². The summed E-state index contributed by atoms with van der Waals surface area (Å²) in [6.07, 6.45) is 1.21. The van der Waals surface area contributed by atoms with E-state index in [2.05, 4.69) is 10.3 Å². The normalized spacial score (nSPS) is 14.3. The first-order valence-corrected chi connectivity index (χ1v) is 10.0. The largest absolute Gasteiger partial charge is 0.493 e. The van der Waals surface area contributed by atoms with Crippen LogP contribution in [0.3, 0.4) is 0 Å². The van der Waals surface area contributed by atoms with Crippen molar-refractivity contribution in [2.24, 2.45) is 0 Å². The number of ether oxygens (including phenoxy) is 3. The summed E-state index contributed by atoms with van der Waals surface area (Å²) in [4.78, 5) is 16.9. The molecule has 5 rings (SSSR count). The van der Waals surface area contributed by atoms with Gasteiger partial charge in [-0.25, -0.2) is 4.98 Å². The van der Waals surface area contributed by atoms with E-state index in [4.69, 9.17) is 14.2 Å². The summed E-state index contributed by atoms with van der Waals surface area (Å²) in [7, 11) is 0. The van der Waals surface area contributed by atoms with Crippen molar-refractivity contribution in [2.45, 2.75) is 12.8 Å². The molecule has 0 radical (unpaired) electrons. The van der Waals surface area contributed by atoms with E-state index in [-0.39, 0.29) is 5.91 Å². The molecule has 2 aliphatic rings. The van der Waals surface area contributed by atoms with E-state index in [1.54, 1.807) is 0 Å². The number of benzene rings is 2. The lowest BCUT2D eigenvalue weighted by molar-refractivity contribution is -0.115. The van der Waals surface area contributed by atoms with Gasteiger partial charge in [0.2, 0.25) is 5.91 Å². The Morgan fingerprint density at radius 2 is 1.82 bits per heavy atom. The molecule has 0 aliphatic carbocycles. The number of hydrogen-bond acceptors (Lipinski definition) is 6. The number of rotatable bonds is 4. The third-order valence-corrected chi connectivity index (χ3v) is 5.46. The Bertz CT molecular complexity index is 1050. The smallest absolute Gasteiger partial charge is 0.230 e. The van der Waals surface area contributed by atoms with E-state index < -0.39 is 0 Å². The van der Waals surface area contributed by atoms with E-state index in [1.807, 2.05) is 41.8 Å². The molecule has 142 valence electrons. The van der Waals surface area contributed by atoms with Crippen molar-refractivity contribution in [2.75, 3.05) is 25.1 Å². The lowest BCUT2D eigenvalue weighted by Crippen LogP contribution is -2.15. The second kappa shape index (κ2) is 7.16. The molecule has 0 atom stereocenters. The van der Waals surface area contributed by atoms with Crippen molar-refractivity contribution in [3.8, 4) is 28.5 Å². The molecule has 0 saturated heterocycles. The summed E-state index contributed by atoms with van der Waals surface area (Å²) < 4.78 is 16.7. The SMILES string of the molecule is O=C(Cc1ccc2c(c1)CCO2)Nc1nc(-c2ccc3c(c2)OCCO3)cs1. The maximum Gasteiger partial charge on any atom is 0.230 e. The van der Waals surface area contributed by atoms with Gasteiger partial charge in [0.15, 0.2) is 16.6 Å². The minimum atomic E-state index is -0.0815. The lowest BCUT2D eigenvalue weighted by Gasteiger charge is -2.18. The first-order valence-electron chi connectivity index (χ1n) is 9.14. The number of nitrogens with zero attached hydrogens (tertiary/aromatic N) is 1. The highest BCUT2D eigenvalue weighted by Crippen LogP contribution is 2.35. The van der Waals surface area contributed by atoms with Crippen molar-refractivity contribution in [3.05, 3.63) is 52.9 Å². The second-order valence-corrected chi connectivity index (χ2v) is 7.52. The molecular weight excluding hydrogens is 376 g/mol. The maximum atomic E-state index is 12.4. The first kappa shape index (κ1) is 17.1. The van der Waals surface area contributed by atoms with Crippen molar-refractivity contribution in [3.63, 3.8) is 0 Å². The Kier molecular flexibility index (Phi) is 4.37. The van der Waals surface area contributed by atoms with Crippen LogP contribution in [0.5, 0.6) is 17.2 Å². The fourth-order valence-corrected chi connectivity index (χ4v) is 4.10. The molecule has 3 aromatic rings. The van der Waals surface area contributed by atoms with Crippen LogP contribution >= 0.6 is 11.3 Å². The van der Waals surface area contributed by atoms with E-state index in [9.17, 15) is 4.79 Å². The van der Waals surface area contributed by atoms with Gasteiger partial charge in [0.05, 0.1) is 18.7 Å². The van der Waals surface area contributed by atoms with Crippen LogP contribution in [-0.4, -0.2) is 30.7 Å². The molecule has 2 aromatic carbocycles. The third kappa shape index (κ3) is 3.41. The number of aromatic nitrogens is 1. The van der Waals surface area contributed by atoms with Crippen LogP contribution in [-0.2, 0) is 17.6 Å². The molecule has 1 aromatic heterocycles. The van der Waals surface area contributed by atoms with Gasteiger partial charge >= 0.3 is 0 Å². The molecular formula is C21H18N2O4S. The van der Waals surface area contributed by atoms with Gasteiger partial charge in [0.1, 0.15) is 19.0 Å². The zero-order chi connectivity index (χ0) is 18.9. The highest BCUT2D eigenvalue weighted by atomic mass is 32.1. The summed E-state index contributed by atoms with van der Waals surface area (Å²) in [5.74, 6) is 2.32. The van der Waals surface area contributed by atoms with E-state index >= 15 is 0 Å². The summed E-state index contributed by atoms with van der Waals surface area (Å²) in [5, 5.41) is 5.40. The number of anilines is 1. The van der Waals surface area contributed by atoms with Crippen LogP contribution in [0.2, 0.25) is 0 Å². The van der Waals surface area contributed by atoms with Crippen LogP contribution in [0.25, 0.3) is 11.3 Å². The summed E-state index contributed by atoms with van der Waals surface area (Å²) in [6, 6.07) is 11.7. The monoisotopic (exact) mass is 394 g/mol. The van der Waals surface area contributed by atoms with Crippen molar-refractivity contribution < 1.29 is 19.0 Å². The van der Waals surface area contributed by atoms with Crippen LogP contribution in [0.1, 0.15) is 11.1 Å². The topological polar surface area (TPSA) is 69.7 Å². The maximum absolute atomic E-state index is 12.4. The molecule has 0 bridgehead atoms. The second-order valence-electron chi connectivity index (χ2n) is 6.66. The Morgan fingerprint density at radius 3 is 2.75 bits per heavy atom. The Hall–Kier alpha value is -3.06. The molecule has 1 amide bonds. The Labute approximate surface area is 166 Å². The number of thiazole rings is 1. The number of hydrogen-bond donors (Lipinski definition) is 1. The van der Waals surface area contributed by atoms with Gasteiger partial charge in [-0.05, 0) is 35.4 Å². The molecule has 1 N–H and O–H groups in total. The summed E-state index contributed by atoms with van der Waals surface area (Å²) in [6.45, 7) is 1.83. The molecule has 0 saturated carbocycles. The zero-order valence-electron chi connectivity index (χ0n) is 15.1. The molecule has 3 heterocycles. The molecule has 28 heavy (non-hydrogen) atoms. The van der Waals surface area contributed by atoms with Crippen LogP contribution < -0.4 is 19.5 Å². The standard InChI is InChI=1S/C21H18N2O4S/c24-20(10-13-1-3-17-15(9-13)5-6-25-17)23-21-22-16(12-28-21)14-2-4-18-19(11-14)27-8-7-26-18/h1-4,9,11-12H,5-8,10H2,(H,22,23,24). The van der Waals surface area contributed by atoms with Gasteiger partial charge in [-0.2, -0.15) is 0 Å². The van der Waals surface area contributed by atoms with E-state index in [0.29, 0.717) is 31.4 Å². The van der Waals surface area contributed by atoms with E-state index in [1.165, 1.54) is 16.9 Å². The van der Waals surface area contributed by atoms with Gasteiger partial charge < -0.3 is 19.5 Å². The number of carbonyl (C=O) groups excluding carboxylic acids is 1. The minimum Gasteiger partial charge on any atom is -0.493 e. The minimum absolute atomic E-state index is 0.0815. The van der Waals surface area contributed by atoms with Crippen molar-refractivity contribution >= 4 is 22.4 Å². The molecule has 2 aliphatic heterocycles. The quantitative estimate of drug-likeness (QED) is 0.731. The molecule has 6 nitrogen and oxygen atoms in total. The van der Waals surface area contributed by atoms with Gasteiger partial charge in [0.25, 0.3) is 0 Å². The molecule has 7 heteroatoms. The zero-order valence-corrected chi connectivity index (χ0v) is 15.9. The average Bonchev–Trinajstić information content (AvgIpc) is 3.36. The fourth-order valence-electron chi connectivity index (χ4n) is 3.37. The summed E-state index contributed by atoms with van der Waals surface area (Å²) in [5.41, 5.74) is 3.87. The molecule has 0 fully saturated rings. The highest BCUT2D eigenvalue weighted by Gasteiger charge is 2.16. The predicted molar refractivity (Wildman–Crippen MR) is 107 cm³/mol. The fraction of sp³-hybridized carbons (Fsp3) is 0.238. The summed E-state index contributed by atoms with van der Waals surface area (Å²) >= 11 is 1.41. The van der Waals surface area contributed by atoms with Gasteiger partial charge in [-0.3, -0.25) is 4.79 Å². The third-order valence-electron chi connectivity index (χ3n) is 4.71. The first-order chi connectivity index (χ1) is 13.7. The number of amides is 1. The Morgan fingerprint density at radius 1 is 1.00 bits per heavy atom. The van der Waals surface area contributed by atoms with Gasteiger partial charge in [0, 0.05) is 17.4 Å². The number of carbonyl (C=O) groups is 1. The number of fused-ring (bicyclic) bond motifs is 2. The van der Waals surface area contributed by atoms with Crippen LogP contribution in [0, 0.1) is 0 Å².